The third-order valence-electron chi connectivity index (χ3n) is 0.419. The molecule has 5 N–H and O–H groups in total. The zero-order valence-electron chi connectivity index (χ0n) is 6.62. The van der Waals surface area contributed by atoms with Crippen LogP contribution >= 0.6 is 23.5 Å². The Morgan fingerprint density at radius 2 is 0.929 bits per heavy atom. The molecule has 0 aromatic heterocycles. The van der Waals surface area contributed by atoms with Gasteiger partial charge in [-0.2, -0.15) is 8.62 Å². The predicted molar refractivity (Wildman–Crippen MR) is 41.8 cm³/mol. The standard InChI is InChI=1S/Na.H5O10P3/c;1-11(2,3)9-13(7,8)10-12(4,5)6/h;(H,7,8)(H2,1,2,3)(H2,4,5,6). The first-order valence-electron chi connectivity index (χ1n) is 2.28. The molecule has 0 amide bonds. The van der Waals surface area contributed by atoms with Gasteiger partial charge in [-0.05, 0) is 0 Å². The zero-order chi connectivity index (χ0) is 10.9. The zero-order valence-corrected chi connectivity index (χ0v) is 11.3. The normalized spacial score (nSPS) is 13.5. The maximum absolute atomic E-state index is 10.4. The molecular weight excluding hydrogens is 276 g/mol. The van der Waals surface area contributed by atoms with Crippen LogP contribution in [0.5, 0.6) is 0 Å². The Morgan fingerprint density at radius 1 is 0.714 bits per heavy atom. The van der Waals surface area contributed by atoms with Gasteiger partial charge in [-0.3, -0.25) is 0 Å². The van der Waals surface area contributed by atoms with Crippen LogP contribution in [-0.2, 0) is 22.3 Å². The number of hydrogen-bond donors (Lipinski definition) is 5. The summed E-state index contributed by atoms with van der Waals surface area (Å²) in [5, 5.41) is 0. The molecular formula is H5NaO10P3. The molecule has 0 saturated heterocycles. The van der Waals surface area contributed by atoms with Crippen molar-refractivity contribution in [2.75, 3.05) is 0 Å². The Kier molecular flexibility index (Phi) is 7.19. The van der Waals surface area contributed by atoms with Gasteiger partial charge in [0.1, 0.15) is 0 Å². The van der Waals surface area contributed by atoms with Crippen LogP contribution in [0.25, 0.3) is 0 Å². The minimum atomic E-state index is -5.46. The fourth-order valence-corrected chi connectivity index (χ4v) is 2.82. The Labute approximate surface area is 99.6 Å². The third-order valence-corrected chi connectivity index (χ3v) is 3.77. The Balaban J connectivity index is 0. The summed E-state index contributed by atoms with van der Waals surface area (Å²) in [6.07, 6.45) is 0. The third kappa shape index (κ3) is 11.5. The number of phosphoric acid groups is 3. The fourth-order valence-electron chi connectivity index (χ4n) is 0.284. The van der Waals surface area contributed by atoms with Crippen LogP contribution in [0.15, 0.2) is 0 Å². The van der Waals surface area contributed by atoms with E-state index < -0.39 is 23.5 Å². The maximum atomic E-state index is 10.4. The molecule has 0 aliphatic heterocycles. The summed E-state index contributed by atoms with van der Waals surface area (Å²) in [4.78, 5) is 40.2. The molecule has 10 nitrogen and oxygen atoms in total. The molecule has 0 aliphatic rings. The summed E-state index contributed by atoms with van der Waals surface area (Å²) in [7, 11) is -16.2. The Hall–Kier alpha value is 1.41. The van der Waals surface area contributed by atoms with Crippen molar-refractivity contribution in [3.05, 3.63) is 0 Å². The molecule has 0 aliphatic carbocycles. The topological polar surface area (TPSA) is 171 Å². The van der Waals surface area contributed by atoms with Gasteiger partial charge in [-0.25, -0.2) is 13.7 Å². The number of hydrogen-bond acceptors (Lipinski definition) is 5. The Bertz CT molecular complexity index is 277. The first-order chi connectivity index (χ1) is 5.41. The van der Waals surface area contributed by atoms with E-state index in [1.165, 1.54) is 0 Å². The van der Waals surface area contributed by atoms with Crippen molar-refractivity contribution in [2.45, 2.75) is 0 Å². The molecule has 0 rings (SSSR count). The van der Waals surface area contributed by atoms with Gasteiger partial charge < -0.3 is 24.5 Å². The first-order valence-corrected chi connectivity index (χ1v) is 6.83. The van der Waals surface area contributed by atoms with Crippen LogP contribution in [-0.4, -0.2) is 54.0 Å². The van der Waals surface area contributed by atoms with Crippen molar-refractivity contribution in [3.8, 4) is 0 Å². The molecule has 0 bridgehead atoms. The quantitative estimate of drug-likeness (QED) is 0.315. The average Bonchev–Trinajstić information content (AvgIpc) is 1.43. The van der Waals surface area contributed by atoms with Crippen molar-refractivity contribution < 1.29 is 46.8 Å². The second-order valence-electron chi connectivity index (χ2n) is 1.61. The summed E-state index contributed by atoms with van der Waals surface area (Å²) >= 11 is 0. The van der Waals surface area contributed by atoms with Gasteiger partial charge >= 0.3 is 23.5 Å². The molecule has 0 spiro atoms. The molecule has 0 aromatic carbocycles. The predicted octanol–water partition coefficient (Wildman–Crippen LogP) is -1.08. The van der Waals surface area contributed by atoms with E-state index >= 15 is 0 Å². The summed E-state index contributed by atoms with van der Waals surface area (Å²) in [5.41, 5.74) is 0. The van der Waals surface area contributed by atoms with Crippen LogP contribution in [0, 0.1) is 0 Å². The summed E-state index contributed by atoms with van der Waals surface area (Å²) < 4.78 is 36.4. The second-order valence-corrected chi connectivity index (χ2v) is 5.82. The van der Waals surface area contributed by atoms with E-state index in [1.54, 1.807) is 0 Å². The van der Waals surface area contributed by atoms with Crippen LogP contribution in [0.4, 0.5) is 0 Å². The van der Waals surface area contributed by atoms with Crippen LogP contribution in [0.3, 0.4) is 0 Å². The second kappa shape index (κ2) is 5.65. The maximum Gasteiger partial charge on any atom is 0.490 e. The van der Waals surface area contributed by atoms with Crippen LogP contribution in [0.1, 0.15) is 0 Å². The van der Waals surface area contributed by atoms with Gasteiger partial charge in [-0.1, -0.05) is 0 Å². The van der Waals surface area contributed by atoms with Crippen molar-refractivity contribution in [1.82, 2.24) is 0 Å². The van der Waals surface area contributed by atoms with Crippen molar-refractivity contribution in [1.29, 1.82) is 0 Å². The largest absolute Gasteiger partial charge is 0.490 e. The molecule has 0 aromatic rings. The van der Waals surface area contributed by atoms with Gasteiger partial charge in [0.05, 0.1) is 0 Å². The Morgan fingerprint density at radius 3 is 1.07 bits per heavy atom. The smallest absolute Gasteiger partial charge is 0.302 e. The van der Waals surface area contributed by atoms with E-state index in [4.69, 9.17) is 24.5 Å². The van der Waals surface area contributed by atoms with Crippen molar-refractivity contribution in [3.63, 3.8) is 0 Å². The monoisotopic (exact) mass is 281 g/mol. The molecule has 0 heterocycles. The minimum Gasteiger partial charge on any atom is -0.302 e. The van der Waals surface area contributed by atoms with E-state index in [0.29, 0.717) is 0 Å². The van der Waals surface area contributed by atoms with Crippen molar-refractivity contribution in [2.24, 2.45) is 0 Å². The van der Waals surface area contributed by atoms with E-state index in [1.807, 2.05) is 0 Å². The van der Waals surface area contributed by atoms with Crippen molar-refractivity contribution >= 4 is 53.0 Å². The van der Waals surface area contributed by atoms with Gasteiger partial charge in [-0.15, -0.1) is 0 Å². The van der Waals surface area contributed by atoms with E-state index in [0.717, 1.165) is 0 Å². The summed E-state index contributed by atoms with van der Waals surface area (Å²) in [5.74, 6) is 0. The molecule has 14 heteroatoms. The molecule has 0 fully saturated rings. The SMILES string of the molecule is O=P(O)(O)OP(=O)(O)OP(=O)(O)O.[Na]. The molecule has 0 saturated carbocycles. The van der Waals surface area contributed by atoms with Gasteiger partial charge in [0.15, 0.2) is 0 Å². The summed E-state index contributed by atoms with van der Waals surface area (Å²) in [6, 6.07) is 0. The van der Waals surface area contributed by atoms with Gasteiger partial charge in [0.2, 0.25) is 0 Å². The van der Waals surface area contributed by atoms with E-state index in [2.05, 4.69) is 8.62 Å². The fraction of sp³-hybridized carbons (Fsp3) is 0. The first kappa shape index (κ1) is 17.8. The molecule has 0 unspecified atom stereocenters. The van der Waals surface area contributed by atoms with E-state index in [-0.39, 0.29) is 29.6 Å². The van der Waals surface area contributed by atoms with E-state index in [9.17, 15) is 13.7 Å². The minimum absolute atomic E-state index is 0. The molecule has 1 radical (unpaired) electrons. The van der Waals surface area contributed by atoms with Gasteiger partial charge in [0, 0.05) is 29.6 Å². The molecule has 14 heavy (non-hydrogen) atoms. The average molecular weight is 281 g/mol. The molecule has 0 atom stereocenters. The molecule has 81 valence electrons. The summed E-state index contributed by atoms with van der Waals surface area (Å²) in [6.45, 7) is 0. The van der Waals surface area contributed by atoms with Gasteiger partial charge in [0.25, 0.3) is 0 Å². The number of rotatable bonds is 4. The van der Waals surface area contributed by atoms with Crippen LogP contribution < -0.4 is 0 Å². The van der Waals surface area contributed by atoms with Crippen LogP contribution in [0.2, 0.25) is 0 Å².